The fourth-order valence-electron chi connectivity index (χ4n) is 3.62. The molecule has 4 nitrogen and oxygen atoms in total. The van der Waals surface area contributed by atoms with Gasteiger partial charge in [-0.2, -0.15) is 0 Å². The Balaban J connectivity index is 1.78. The van der Waals surface area contributed by atoms with Gasteiger partial charge in [0.1, 0.15) is 0 Å². The molecule has 1 fully saturated rings. The summed E-state index contributed by atoms with van der Waals surface area (Å²) in [6, 6.07) is 17.8. The molecule has 0 N–H and O–H groups in total. The van der Waals surface area contributed by atoms with Crippen molar-refractivity contribution in [1.29, 1.82) is 0 Å². The van der Waals surface area contributed by atoms with Crippen LogP contribution in [0.5, 0.6) is 0 Å². The van der Waals surface area contributed by atoms with Crippen molar-refractivity contribution >= 4 is 23.4 Å². The second-order valence-corrected chi connectivity index (χ2v) is 7.40. The molecule has 0 bridgehead atoms. The first-order valence-corrected chi connectivity index (χ1v) is 9.76. The maximum absolute atomic E-state index is 13.1. The van der Waals surface area contributed by atoms with E-state index < -0.39 is 0 Å². The molecule has 0 radical (unpaired) electrons. The highest BCUT2D eigenvalue weighted by molar-refractivity contribution is 6.30. The largest absolute Gasteiger partial charge is 0.341 e. The van der Waals surface area contributed by atoms with Crippen LogP contribution in [0.2, 0.25) is 5.02 Å². The van der Waals surface area contributed by atoms with Gasteiger partial charge in [-0.3, -0.25) is 9.59 Å². The summed E-state index contributed by atoms with van der Waals surface area (Å²) in [6.45, 7) is 4.20. The maximum Gasteiger partial charge on any atom is 0.223 e. The Bertz CT molecular complexity index is 794. The summed E-state index contributed by atoms with van der Waals surface area (Å²) in [4.78, 5) is 28.4. The van der Waals surface area contributed by atoms with Crippen LogP contribution < -0.4 is 0 Å². The van der Waals surface area contributed by atoms with E-state index in [-0.39, 0.29) is 17.7 Å². The van der Waals surface area contributed by atoms with Crippen molar-refractivity contribution in [3.05, 3.63) is 70.7 Å². The van der Waals surface area contributed by atoms with Gasteiger partial charge in [-0.15, -0.1) is 0 Å². The van der Waals surface area contributed by atoms with E-state index in [1.807, 2.05) is 52.3 Å². The average molecular weight is 385 g/mol. The molecule has 142 valence electrons. The number of hydrogen-bond donors (Lipinski definition) is 0. The van der Waals surface area contributed by atoms with Crippen LogP contribution in [0.15, 0.2) is 54.6 Å². The van der Waals surface area contributed by atoms with E-state index in [2.05, 4.69) is 12.1 Å². The lowest BCUT2D eigenvalue weighted by molar-refractivity contribution is -0.132. The molecule has 1 unspecified atom stereocenters. The van der Waals surface area contributed by atoms with E-state index in [1.54, 1.807) is 6.92 Å². The second-order valence-electron chi connectivity index (χ2n) is 6.96. The minimum atomic E-state index is -0.0374. The highest BCUT2D eigenvalue weighted by Gasteiger charge is 2.24. The van der Waals surface area contributed by atoms with Crippen molar-refractivity contribution in [3.8, 4) is 0 Å². The zero-order valence-electron chi connectivity index (χ0n) is 15.6. The molecule has 0 aliphatic carbocycles. The fraction of sp³-hybridized carbons (Fsp3) is 0.364. The van der Waals surface area contributed by atoms with E-state index in [4.69, 9.17) is 11.6 Å². The van der Waals surface area contributed by atoms with E-state index in [9.17, 15) is 9.59 Å². The van der Waals surface area contributed by atoms with E-state index in [1.165, 1.54) is 0 Å². The molecule has 0 saturated carbocycles. The van der Waals surface area contributed by atoms with Crippen LogP contribution in [-0.4, -0.2) is 47.8 Å². The van der Waals surface area contributed by atoms with Crippen molar-refractivity contribution in [3.63, 3.8) is 0 Å². The van der Waals surface area contributed by atoms with Crippen molar-refractivity contribution < 1.29 is 9.59 Å². The van der Waals surface area contributed by atoms with Gasteiger partial charge in [0.2, 0.25) is 11.8 Å². The molecule has 3 rings (SSSR count). The number of benzene rings is 2. The molecule has 1 saturated heterocycles. The van der Waals surface area contributed by atoms with Gasteiger partial charge in [0.05, 0.1) is 0 Å². The van der Waals surface area contributed by atoms with Gasteiger partial charge >= 0.3 is 0 Å². The summed E-state index contributed by atoms with van der Waals surface area (Å²) >= 11 is 6.20. The highest BCUT2D eigenvalue weighted by Crippen LogP contribution is 2.30. The van der Waals surface area contributed by atoms with Crippen molar-refractivity contribution in [2.24, 2.45) is 0 Å². The van der Waals surface area contributed by atoms with E-state index in [0.717, 1.165) is 24.1 Å². The number of rotatable bonds is 4. The average Bonchev–Trinajstić information content (AvgIpc) is 2.93. The fourth-order valence-corrected chi connectivity index (χ4v) is 3.82. The van der Waals surface area contributed by atoms with Crippen molar-refractivity contribution in [2.75, 3.05) is 26.2 Å². The number of carbonyl (C=O) groups is 2. The molecule has 0 aromatic heterocycles. The molecular formula is C22H25ClN2O2. The Morgan fingerprint density at radius 2 is 1.59 bits per heavy atom. The Labute approximate surface area is 165 Å². The van der Waals surface area contributed by atoms with Crippen LogP contribution in [0.25, 0.3) is 0 Å². The minimum absolute atomic E-state index is 0.0374. The Morgan fingerprint density at radius 1 is 0.926 bits per heavy atom. The summed E-state index contributed by atoms with van der Waals surface area (Å²) in [6.07, 6.45) is 1.21. The molecule has 1 heterocycles. The summed E-state index contributed by atoms with van der Waals surface area (Å²) in [5, 5.41) is 0.674. The predicted octanol–water partition coefficient (Wildman–Crippen LogP) is 3.94. The molecule has 5 heteroatoms. The third kappa shape index (κ3) is 5.10. The smallest absolute Gasteiger partial charge is 0.223 e. The summed E-state index contributed by atoms with van der Waals surface area (Å²) in [7, 11) is 0. The summed E-state index contributed by atoms with van der Waals surface area (Å²) < 4.78 is 0. The van der Waals surface area contributed by atoms with Gasteiger partial charge in [0, 0.05) is 50.5 Å². The standard InChI is InChI=1S/C22H25ClN2O2/c1-17(26)24-11-6-12-25(14-13-24)22(27)16-21(18-7-3-2-4-8-18)19-9-5-10-20(23)15-19/h2-5,7-10,15,21H,6,11-14,16H2,1H3. The molecule has 1 atom stereocenters. The monoisotopic (exact) mass is 384 g/mol. The zero-order chi connectivity index (χ0) is 19.2. The van der Waals surface area contributed by atoms with Crippen LogP contribution in [0.3, 0.4) is 0 Å². The lowest BCUT2D eigenvalue weighted by Gasteiger charge is -2.25. The van der Waals surface area contributed by atoms with Crippen LogP contribution >= 0.6 is 11.6 Å². The third-order valence-corrected chi connectivity index (χ3v) is 5.36. The van der Waals surface area contributed by atoms with Gasteiger partial charge in [-0.05, 0) is 29.7 Å². The molecule has 1 aliphatic heterocycles. The van der Waals surface area contributed by atoms with Gasteiger partial charge < -0.3 is 9.80 Å². The molecule has 2 aromatic rings. The Kier molecular flexibility index (Phi) is 6.51. The highest BCUT2D eigenvalue weighted by atomic mass is 35.5. The molecule has 2 aromatic carbocycles. The van der Waals surface area contributed by atoms with Gasteiger partial charge in [0.25, 0.3) is 0 Å². The number of nitrogens with zero attached hydrogens (tertiary/aromatic N) is 2. The molecule has 0 spiro atoms. The van der Waals surface area contributed by atoms with Gasteiger partial charge in [0.15, 0.2) is 0 Å². The normalized spacial score (nSPS) is 15.9. The minimum Gasteiger partial charge on any atom is -0.341 e. The SMILES string of the molecule is CC(=O)N1CCCN(C(=O)CC(c2ccccc2)c2cccc(Cl)c2)CC1. The Morgan fingerprint density at radius 3 is 2.30 bits per heavy atom. The first kappa shape index (κ1) is 19.4. The molecule has 1 aliphatic rings. The first-order chi connectivity index (χ1) is 13.0. The summed E-state index contributed by atoms with van der Waals surface area (Å²) in [5.41, 5.74) is 2.15. The van der Waals surface area contributed by atoms with E-state index in [0.29, 0.717) is 31.1 Å². The number of carbonyl (C=O) groups excluding carboxylic acids is 2. The first-order valence-electron chi connectivity index (χ1n) is 9.38. The molecule has 2 amide bonds. The molecule has 27 heavy (non-hydrogen) atoms. The van der Waals surface area contributed by atoms with E-state index >= 15 is 0 Å². The quantitative estimate of drug-likeness (QED) is 0.801. The van der Waals surface area contributed by atoms with Crippen LogP contribution in [0, 0.1) is 0 Å². The predicted molar refractivity (Wildman–Crippen MR) is 108 cm³/mol. The van der Waals surface area contributed by atoms with Crippen molar-refractivity contribution in [2.45, 2.75) is 25.7 Å². The number of amides is 2. The Hall–Kier alpha value is -2.33. The lowest BCUT2D eigenvalue weighted by Crippen LogP contribution is -2.37. The second kappa shape index (κ2) is 9.05. The zero-order valence-corrected chi connectivity index (χ0v) is 16.4. The van der Waals surface area contributed by atoms with Crippen LogP contribution in [0.4, 0.5) is 0 Å². The summed E-state index contributed by atoms with van der Waals surface area (Å²) in [5.74, 6) is 0.157. The van der Waals surface area contributed by atoms with Crippen molar-refractivity contribution in [1.82, 2.24) is 9.80 Å². The maximum atomic E-state index is 13.1. The lowest BCUT2D eigenvalue weighted by atomic mass is 9.88. The van der Waals surface area contributed by atoms with Crippen LogP contribution in [0.1, 0.15) is 36.8 Å². The van der Waals surface area contributed by atoms with Crippen LogP contribution in [-0.2, 0) is 9.59 Å². The van der Waals surface area contributed by atoms with Gasteiger partial charge in [-0.25, -0.2) is 0 Å². The number of hydrogen-bond acceptors (Lipinski definition) is 2. The third-order valence-electron chi connectivity index (χ3n) is 5.13. The topological polar surface area (TPSA) is 40.6 Å². The number of halogens is 1. The van der Waals surface area contributed by atoms with Gasteiger partial charge in [-0.1, -0.05) is 54.1 Å². The molecular weight excluding hydrogens is 360 g/mol.